The van der Waals surface area contributed by atoms with Crippen LogP contribution in [0.15, 0.2) is 23.0 Å². The SMILES string of the molecule is CCCCC(O)(c1cncc(-c2c(C)noc2C)c1)C1CCC(F)(F)CC1. The van der Waals surface area contributed by atoms with Gasteiger partial charge >= 0.3 is 0 Å². The maximum absolute atomic E-state index is 13.6. The Labute approximate surface area is 159 Å². The second-order valence-corrected chi connectivity index (χ2v) is 7.82. The van der Waals surface area contributed by atoms with Crippen molar-refractivity contribution in [2.24, 2.45) is 5.92 Å². The number of aromatic nitrogens is 2. The molecule has 4 nitrogen and oxygen atoms in total. The van der Waals surface area contributed by atoms with Crippen molar-refractivity contribution in [2.75, 3.05) is 0 Å². The van der Waals surface area contributed by atoms with Gasteiger partial charge in [0.1, 0.15) is 5.76 Å². The molecule has 0 spiro atoms. The molecule has 6 heteroatoms. The molecule has 1 aliphatic rings. The highest BCUT2D eigenvalue weighted by molar-refractivity contribution is 5.67. The van der Waals surface area contributed by atoms with Crippen LogP contribution in [0.4, 0.5) is 8.78 Å². The molecule has 1 atom stereocenters. The lowest BCUT2D eigenvalue weighted by atomic mass is 9.70. The third-order valence-electron chi connectivity index (χ3n) is 5.86. The summed E-state index contributed by atoms with van der Waals surface area (Å²) in [5, 5.41) is 15.6. The second kappa shape index (κ2) is 7.66. The lowest BCUT2D eigenvalue weighted by Crippen LogP contribution is -2.40. The van der Waals surface area contributed by atoms with Gasteiger partial charge in [-0.3, -0.25) is 4.98 Å². The van der Waals surface area contributed by atoms with Crippen LogP contribution in [-0.2, 0) is 5.60 Å². The minimum atomic E-state index is -2.61. The number of unbranched alkanes of at least 4 members (excludes halogenated alkanes) is 1. The standard InChI is InChI=1S/C21H28F2N2O2/c1-4-5-8-21(26,17-6-9-20(22,23)10-7-17)18-11-16(12-24-13-18)19-14(2)25-27-15(19)3/h11-13,17,26H,4-10H2,1-3H3. The van der Waals surface area contributed by atoms with Gasteiger partial charge in [0.05, 0.1) is 11.3 Å². The molecule has 3 rings (SSSR count). The Morgan fingerprint density at radius 3 is 2.56 bits per heavy atom. The summed E-state index contributed by atoms with van der Waals surface area (Å²) in [6, 6.07) is 1.92. The average Bonchev–Trinajstić information content (AvgIpc) is 2.98. The first kappa shape index (κ1) is 19.9. The Morgan fingerprint density at radius 1 is 1.26 bits per heavy atom. The Hall–Kier alpha value is -1.82. The van der Waals surface area contributed by atoms with E-state index in [1.54, 1.807) is 12.4 Å². The van der Waals surface area contributed by atoms with Crippen molar-refractivity contribution in [1.82, 2.24) is 10.1 Å². The fourth-order valence-electron chi connectivity index (χ4n) is 4.26. The number of halogens is 2. The number of aliphatic hydroxyl groups is 1. The molecule has 2 heterocycles. The highest BCUT2D eigenvalue weighted by atomic mass is 19.3. The number of hydrogen-bond acceptors (Lipinski definition) is 4. The molecule has 1 saturated carbocycles. The number of hydrogen-bond donors (Lipinski definition) is 1. The average molecular weight is 378 g/mol. The van der Waals surface area contributed by atoms with Crippen LogP contribution in [-0.4, -0.2) is 21.2 Å². The highest BCUT2D eigenvalue weighted by Crippen LogP contribution is 2.47. The summed E-state index contributed by atoms with van der Waals surface area (Å²) in [5.74, 6) is -2.11. The zero-order chi connectivity index (χ0) is 19.7. The molecule has 1 unspecified atom stereocenters. The summed E-state index contributed by atoms with van der Waals surface area (Å²) in [6.45, 7) is 5.77. The van der Waals surface area contributed by atoms with Gasteiger partial charge in [-0.25, -0.2) is 8.78 Å². The van der Waals surface area contributed by atoms with E-state index in [0.717, 1.165) is 29.7 Å². The van der Waals surface area contributed by atoms with Crippen LogP contribution in [0, 0.1) is 19.8 Å². The molecule has 148 valence electrons. The largest absolute Gasteiger partial charge is 0.385 e. The topological polar surface area (TPSA) is 59.2 Å². The predicted molar refractivity (Wildman–Crippen MR) is 99.5 cm³/mol. The molecule has 0 bridgehead atoms. The lowest BCUT2D eigenvalue weighted by Gasteiger charge is -2.41. The minimum absolute atomic E-state index is 0.164. The van der Waals surface area contributed by atoms with Gasteiger partial charge in [-0.1, -0.05) is 24.9 Å². The number of pyridine rings is 1. The Morgan fingerprint density at radius 2 is 1.96 bits per heavy atom. The molecule has 0 radical (unpaired) electrons. The van der Waals surface area contributed by atoms with E-state index in [4.69, 9.17) is 4.52 Å². The third kappa shape index (κ3) is 4.05. The number of aryl methyl sites for hydroxylation is 2. The molecule has 1 aliphatic carbocycles. The molecule has 27 heavy (non-hydrogen) atoms. The van der Waals surface area contributed by atoms with E-state index in [1.807, 2.05) is 19.9 Å². The van der Waals surface area contributed by atoms with Crippen molar-refractivity contribution in [3.63, 3.8) is 0 Å². The number of rotatable bonds is 6. The summed E-state index contributed by atoms with van der Waals surface area (Å²) in [4.78, 5) is 4.34. The van der Waals surface area contributed by atoms with Crippen molar-refractivity contribution < 1.29 is 18.4 Å². The Bertz CT molecular complexity index is 761. The van der Waals surface area contributed by atoms with Gasteiger partial charge in [0.2, 0.25) is 5.92 Å². The predicted octanol–water partition coefficient (Wildman–Crippen LogP) is 5.56. The van der Waals surface area contributed by atoms with Crippen LogP contribution in [0.5, 0.6) is 0 Å². The van der Waals surface area contributed by atoms with E-state index in [9.17, 15) is 13.9 Å². The zero-order valence-corrected chi connectivity index (χ0v) is 16.3. The molecule has 1 fully saturated rings. The molecule has 2 aromatic heterocycles. The lowest BCUT2D eigenvalue weighted by molar-refractivity contribution is -0.102. The molecule has 0 aromatic carbocycles. The first-order valence-corrected chi connectivity index (χ1v) is 9.76. The summed E-state index contributed by atoms with van der Waals surface area (Å²) in [6.07, 6.45) is 6.03. The van der Waals surface area contributed by atoms with Crippen LogP contribution in [0.1, 0.15) is 68.9 Å². The summed E-state index contributed by atoms with van der Waals surface area (Å²) >= 11 is 0. The first-order chi connectivity index (χ1) is 12.8. The zero-order valence-electron chi connectivity index (χ0n) is 16.3. The molecule has 0 amide bonds. The van der Waals surface area contributed by atoms with Crippen LogP contribution < -0.4 is 0 Å². The molecule has 1 N–H and O–H groups in total. The van der Waals surface area contributed by atoms with Gasteiger partial charge in [-0.15, -0.1) is 0 Å². The minimum Gasteiger partial charge on any atom is -0.385 e. The number of nitrogens with zero attached hydrogens (tertiary/aromatic N) is 2. The van der Waals surface area contributed by atoms with Crippen LogP contribution in [0.25, 0.3) is 11.1 Å². The third-order valence-corrected chi connectivity index (χ3v) is 5.86. The van der Waals surface area contributed by atoms with Gasteiger partial charge < -0.3 is 9.63 Å². The van der Waals surface area contributed by atoms with Crippen molar-refractivity contribution in [2.45, 2.75) is 77.2 Å². The molecule has 0 aliphatic heterocycles. The van der Waals surface area contributed by atoms with Gasteiger partial charge in [0.15, 0.2) is 0 Å². The maximum atomic E-state index is 13.6. The van der Waals surface area contributed by atoms with Gasteiger partial charge in [-0.05, 0) is 45.1 Å². The summed E-state index contributed by atoms with van der Waals surface area (Å²) < 4.78 is 32.6. The van der Waals surface area contributed by atoms with Crippen molar-refractivity contribution in [3.05, 3.63) is 35.5 Å². The van der Waals surface area contributed by atoms with E-state index in [2.05, 4.69) is 17.1 Å². The molecular formula is C21H28F2N2O2. The van der Waals surface area contributed by atoms with E-state index in [-0.39, 0.29) is 18.8 Å². The van der Waals surface area contributed by atoms with Crippen LogP contribution in [0.3, 0.4) is 0 Å². The second-order valence-electron chi connectivity index (χ2n) is 7.82. The number of alkyl halides is 2. The van der Waals surface area contributed by atoms with Gasteiger partial charge in [0, 0.05) is 41.9 Å². The molecule has 0 saturated heterocycles. The Kier molecular flexibility index (Phi) is 5.65. The first-order valence-electron chi connectivity index (χ1n) is 9.76. The fraction of sp³-hybridized carbons (Fsp3) is 0.619. The van der Waals surface area contributed by atoms with E-state index in [1.165, 1.54) is 0 Å². The molecule has 2 aromatic rings. The van der Waals surface area contributed by atoms with Crippen molar-refractivity contribution in [3.8, 4) is 11.1 Å². The summed E-state index contributed by atoms with van der Waals surface area (Å²) in [7, 11) is 0. The van der Waals surface area contributed by atoms with Crippen molar-refractivity contribution >= 4 is 0 Å². The highest BCUT2D eigenvalue weighted by Gasteiger charge is 2.44. The quantitative estimate of drug-likeness (QED) is 0.715. The Balaban J connectivity index is 1.97. The monoisotopic (exact) mass is 378 g/mol. The maximum Gasteiger partial charge on any atom is 0.248 e. The normalized spacial score (nSPS) is 19.8. The van der Waals surface area contributed by atoms with Gasteiger partial charge in [-0.2, -0.15) is 0 Å². The summed E-state index contributed by atoms with van der Waals surface area (Å²) in [5.41, 5.74) is 2.02. The van der Waals surface area contributed by atoms with E-state index < -0.39 is 11.5 Å². The van der Waals surface area contributed by atoms with E-state index >= 15 is 0 Å². The molecular weight excluding hydrogens is 350 g/mol. The van der Waals surface area contributed by atoms with E-state index in [0.29, 0.717) is 30.6 Å². The van der Waals surface area contributed by atoms with Gasteiger partial charge in [0.25, 0.3) is 0 Å². The van der Waals surface area contributed by atoms with Crippen LogP contribution in [0.2, 0.25) is 0 Å². The fourth-order valence-corrected chi connectivity index (χ4v) is 4.26. The van der Waals surface area contributed by atoms with Crippen LogP contribution >= 0.6 is 0 Å². The van der Waals surface area contributed by atoms with Crippen molar-refractivity contribution in [1.29, 1.82) is 0 Å². The smallest absolute Gasteiger partial charge is 0.248 e.